The van der Waals surface area contributed by atoms with E-state index < -0.39 is 0 Å². The molecule has 0 saturated heterocycles. The quantitative estimate of drug-likeness (QED) is 0.214. The highest BCUT2D eigenvalue weighted by Gasteiger charge is 2.15. The Balaban J connectivity index is 1.20. The molecule has 4 heteroatoms. The molecule has 0 fully saturated rings. The van der Waals surface area contributed by atoms with Crippen LogP contribution in [0.2, 0.25) is 0 Å². The van der Waals surface area contributed by atoms with E-state index in [2.05, 4.69) is 110 Å². The number of hydrogen-bond acceptors (Lipinski definition) is 4. The summed E-state index contributed by atoms with van der Waals surface area (Å²) in [5.74, 6) is 1.04. The molecule has 1 aromatic heterocycles. The summed E-state index contributed by atoms with van der Waals surface area (Å²) in [6.07, 6.45) is 1.84. The fourth-order valence-corrected chi connectivity index (χ4v) is 4.20. The molecule has 1 heterocycles. The standard InChI is InChI=1S/C34H32N2O2/c1-5-24-6-8-25(9-7-24)22-37-23-26-10-12-27(13-11-26)28-14-16-29(17-15-28)32-35-36-33(38-32)30-18-20-31(21-19-30)34(2,3)4/h5-21H,1,22-23H2,2-4H3. The average Bonchev–Trinajstić information content (AvgIpc) is 3.44. The number of ether oxygens (including phenoxy) is 1. The number of aromatic nitrogens is 2. The lowest BCUT2D eigenvalue weighted by molar-refractivity contribution is 0.107. The monoisotopic (exact) mass is 500 g/mol. The Morgan fingerprint density at radius 1 is 0.632 bits per heavy atom. The van der Waals surface area contributed by atoms with Gasteiger partial charge in [-0.2, -0.15) is 0 Å². The number of nitrogens with zero attached hydrogens (tertiary/aromatic N) is 2. The van der Waals surface area contributed by atoms with Crippen LogP contribution in [-0.4, -0.2) is 10.2 Å². The minimum absolute atomic E-state index is 0.104. The molecule has 190 valence electrons. The lowest BCUT2D eigenvalue weighted by Gasteiger charge is -2.18. The number of rotatable bonds is 8. The van der Waals surface area contributed by atoms with Gasteiger partial charge in [-0.15, -0.1) is 10.2 Å². The van der Waals surface area contributed by atoms with Crippen LogP contribution in [0.3, 0.4) is 0 Å². The molecule has 0 N–H and O–H groups in total. The highest BCUT2D eigenvalue weighted by atomic mass is 16.5. The number of hydrogen-bond donors (Lipinski definition) is 0. The summed E-state index contributed by atoms with van der Waals surface area (Å²) in [7, 11) is 0. The van der Waals surface area contributed by atoms with Crippen molar-refractivity contribution in [1.82, 2.24) is 10.2 Å². The zero-order chi connectivity index (χ0) is 26.5. The van der Waals surface area contributed by atoms with Gasteiger partial charge in [-0.1, -0.05) is 106 Å². The van der Waals surface area contributed by atoms with Gasteiger partial charge in [0.15, 0.2) is 0 Å². The minimum atomic E-state index is 0.104. The first-order chi connectivity index (χ1) is 18.4. The Hall–Kier alpha value is -4.28. The third-order valence-corrected chi connectivity index (χ3v) is 6.59. The summed E-state index contributed by atoms with van der Waals surface area (Å²) >= 11 is 0. The van der Waals surface area contributed by atoms with Gasteiger partial charge in [0.25, 0.3) is 0 Å². The molecule has 0 spiro atoms. The third kappa shape index (κ3) is 5.99. The van der Waals surface area contributed by atoms with Gasteiger partial charge in [0.05, 0.1) is 13.2 Å². The van der Waals surface area contributed by atoms with Crippen LogP contribution in [0.1, 0.15) is 43.0 Å². The van der Waals surface area contributed by atoms with Crippen molar-refractivity contribution < 1.29 is 9.15 Å². The van der Waals surface area contributed by atoms with Crippen molar-refractivity contribution in [2.24, 2.45) is 0 Å². The van der Waals surface area contributed by atoms with Crippen molar-refractivity contribution in [3.05, 3.63) is 126 Å². The molecule has 5 rings (SSSR count). The molecule has 4 aromatic carbocycles. The van der Waals surface area contributed by atoms with Crippen LogP contribution in [0, 0.1) is 0 Å². The second kappa shape index (κ2) is 11.0. The lowest BCUT2D eigenvalue weighted by Crippen LogP contribution is -2.10. The molecule has 0 radical (unpaired) electrons. The Kier molecular flexibility index (Phi) is 7.34. The van der Waals surface area contributed by atoms with Gasteiger partial charge < -0.3 is 9.15 Å². The van der Waals surface area contributed by atoms with Crippen LogP contribution in [0.5, 0.6) is 0 Å². The maximum absolute atomic E-state index is 5.98. The summed E-state index contributed by atoms with van der Waals surface area (Å²) in [4.78, 5) is 0. The zero-order valence-electron chi connectivity index (χ0n) is 22.1. The normalized spacial score (nSPS) is 11.4. The maximum atomic E-state index is 5.98. The third-order valence-electron chi connectivity index (χ3n) is 6.59. The van der Waals surface area contributed by atoms with Gasteiger partial charge in [-0.05, 0) is 63.1 Å². The van der Waals surface area contributed by atoms with E-state index in [1.54, 1.807) is 0 Å². The van der Waals surface area contributed by atoms with Crippen LogP contribution in [0.25, 0.3) is 40.1 Å². The van der Waals surface area contributed by atoms with E-state index in [-0.39, 0.29) is 5.41 Å². The molecule has 0 aliphatic carbocycles. The Bertz CT molecular complexity index is 1490. The topological polar surface area (TPSA) is 48.2 Å². The summed E-state index contributed by atoms with van der Waals surface area (Å²) in [6.45, 7) is 11.5. The van der Waals surface area contributed by atoms with Crippen LogP contribution in [0.15, 0.2) is 108 Å². The number of benzene rings is 4. The van der Waals surface area contributed by atoms with E-state index in [1.165, 1.54) is 5.56 Å². The summed E-state index contributed by atoms with van der Waals surface area (Å²) in [5.41, 5.74) is 8.86. The molecule has 5 aromatic rings. The molecule has 0 saturated carbocycles. The fourth-order valence-electron chi connectivity index (χ4n) is 4.20. The summed E-state index contributed by atoms with van der Waals surface area (Å²) in [5, 5.41) is 8.54. The largest absolute Gasteiger partial charge is 0.416 e. The molecule has 0 unspecified atom stereocenters. The van der Waals surface area contributed by atoms with E-state index in [9.17, 15) is 0 Å². The first kappa shape index (κ1) is 25.4. The first-order valence-electron chi connectivity index (χ1n) is 12.8. The predicted molar refractivity (Wildman–Crippen MR) is 154 cm³/mol. The van der Waals surface area contributed by atoms with E-state index in [0.29, 0.717) is 25.0 Å². The molecule has 0 aliphatic rings. The molecule has 0 aliphatic heterocycles. The molecule has 0 amide bonds. The Morgan fingerprint density at radius 2 is 1.05 bits per heavy atom. The SMILES string of the molecule is C=Cc1ccc(COCc2ccc(-c3ccc(-c4nnc(-c5ccc(C(C)(C)C)cc5)o4)cc3)cc2)cc1. The van der Waals surface area contributed by atoms with E-state index in [1.807, 2.05) is 30.3 Å². The second-order valence-electron chi connectivity index (χ2n) is 10.5. The zero-order valence-corrected chi connectivity index (χ0v) is 22.1. The molecular weight excluding hydrogens is 468 g/mol. The van der Waals surface area contributed by atoms with Crippen LogP contribution >= 0.6 is 0 Å². The smallest absolute Gasteiger partial charge is 0.248 e. The van der Waals surface area contributed by atoms with Crippen molar-refractivity contribution in [3.8, 4) is 34.0 Å². The molecular formula is C34H32N2O2. The van der Waals surface area contributed by atoms with Crippen molar-refractivity contribution in [1.29, 1.82) is 0 Å². The van der Waals surface area contributed by atoms with Crippen molar-refractivity contribution in [2.75, 3.05) is 0 Å². The van der Waals surface area contributed by atoms with Crippen LogP contribution in [-0.2, 0) is 23.4 Å². The van der Waals surface area contributed by atoms with Gasteiger partial charge in [-0.3, -0.25) is 0 Å². The first-order valence-corrected chi connectivity index (χ1v) is 12.8. The predicted octanol–water partition coefficient (Wildman–Crippen LogP) is 8.73. The Labute approximate surface area is 224 Å². The summed E-state index contributed by atoms with van der Waals surface area (Å²) in [6, 6.07) is 33.2. The van der Waals surface area contributed by atoms with Crippen LogP contribution < -0.4 is 0 Å². The van der Waals surface area contributed by atoms with Gasteiger partial charge in [0, 0.05) is 11.1 Å². The molecule has 4 nitrogen and oxygen atoms in total. The average molecular weight is 501 g/mol. The maximum Gasteiger partial charge on any atom is 0.248 e. The van der Waals surface area contributed by atoms with Crippen molar-refractivity contribution in [2.45, 2.75) is 39.4 Å². The van der Waals surface area contributed by atoms with Gasteiger partial charge in [-0.25, -0.2) is 0 Å². The van der Waals surface area contributed by atoms with E-state index in [0.717, 1.165) is 38.9 Å². The van der Waals surface area contributed by atoms with Gasteiger partial charge in [0.2, 0.25) is 11.8 Å². The van der Waals surface area contributed by atoms with E-state index >= 15 is 0 Å². The summed E-state index contributed by atoms with van der Waals surface area (Å²) < 4.78 is 11.9. The van der Waals surface area contributed by atoms with Crippen LogP contribution in [0.4, 0.5) is 0 Å². The minimum Gasteiger partial charge on any atom is -0.416 e. The van der Waals surface area contributed by atoms with Crippen molar-refractivity contribution in [3.63, 3.8) is 0 Å². The highest BCUT2D eigenvalue weighted by molar-refractivity contribution is 5.68. The molecule has 0 bridgehead atoms. The fraction of sp³-hybridized carbons (Fsp3) is 0.176. The van der Waals surface area contributed by atoms with E-state index in [4.69, 9.17) is 9.15 Å². The van der Waals surface area contributed by atoms with Crippen molar-refractivity contribution >= 4 is 6.08 Å². The Morgan fingerprint density at radius 3 is 1.53 bits per heavy atom. The highest BCUT2D eigenvalue weighted by Crippen LogP contribution is 2.29. The van der Waals surface area contributed by atoms with Gasteiger partial charge >= 0.3 is 0 Å². The van der Waals surface area contributed by atoms with Gasteiger partial charge in [0.1, 0.15) is 0 Å². The molecule has 38 heavy (non-hydrogen) atoms. The lowest BCUT2D eigenvalue weighted by atomic mass is 9.87. The molecule has 0 atom stereocenters. The second-order valence-corrected chi connectivity index (χ2v) is 10.5.